The van der Waals surface area contributed by atoms with Crippen molar-refractivity contribution in [3.63, 3.8) is 0 Å². The summed E-state index contributed by atoms with van der Waals surface area (Å²) in [7, 11) is 0. The molecule has 37 heavy (non-hydrogen) atoms. The molecule has 1 aromatic heterocycles. The Morgan fingerprint density at radius 1 is 0.541 bits per heavy atom. The average Bonchev–Trinajstić information content (AvgIpc) is 3.28. The van der Waals surface area contributed by atoms with Gasteiger partial charge in [0.25, 0.3) is 0 Å². The number of benzene rings is 5. The number of aromatic nitrogens is 1. The Kier molecular flexibility index (Phi) is 6.24. The van der Waals surface area contributed by atoms with Gasteiger partial charge in [0.05, 0.1) is 5.52 Å². The second kappa shape index (κ2) is 9.99. The lowest BCUT2D eigenvalue weighted by Gasteiger charge is -2.26. The molecule has 0 aliphatic carbocycles. The number of anilines is 3. The van der Waals surface area contributed by atoms with Crippen LogP contribution in [-0.2, 0) is 13.0 Å². The van der Waals surface area contributed by atoms with Crippen LogP contribution in [0.1, 0.15) is 25.8 Å². The Hall–Kier alpha value is -4.30. The van der Waals surface area contributed by atoms with Crippen LogP contribution in [0.15, 0.2) is 121 Å². The largest absolute Gasteiger partial charge is 0.341 e. The summed E-state index contributed by atoms with van der Waals surface area (Å²) in [6, 6.07) is 44.2. The van der Waals surface area contributed by atoms with Crippen LogP contribution >= 0.6 is 0 Å². The summed E-state index contributed by atoms with van der Waals surface area (Å²) in [4.78, 5) is 2.38. The molecule has 6 aromatic rings. The number of para-hydroxylation sites is 1. The van der Waals surface area contributed by atoms with Crippen molar-refractivity contribution in [2.45, 2.75) is 33.2 Å². The van der Waals surface area contributed by atoms with Crippen LogP contribution in [0.3, 0.4) is 0 Å². The van der Waals surface area contributed by atoms with E-state index in [9.17, 15) is 0 Å². The highest BCUT2D eigenvalue weighted by Crippen LogP contribution is 2.39. The van der Waals surface area contributed by atoms with Gasteiger partial charge in [0, 0.05) is 39.9 Å². The fraction of sp³-hybridized carbons (Fsp3) is 0.143. The molecular weight excluding hydrogens is 448 g/mol. The van der Waals surface area contributed by atoms with Crippen LogP contribution in [-0.4, -0.2) is 4.57 Å². The van der Waals surface area contributed by atoms with Gasteiger partial charge >= 0.3 is 0 Å². The molecule has 0 saturated carbocycles. The summed E-state index contributed by atoms with van der Waals surface area (Å²) in [5.74, 6) is 0. The molecule has 5 aromatic carbocycles. The first-order chi connectivity index (χ1) is 18.3. The van der Waals surface area contributed by atoms with E-state index in [2.05, 4.69) is 145 Å². The second-order valence-corrected chi connectivity index (χ2v) is 9.63. The molecule has 0 spiro atoms. The van der Waals surface area contributed by atoms with E-state index in [0.29, 0.717) is 0 Å². The molecule has 1 heterocycles. The van der Waals surface area contributed by atoms with E-state index in [4.69, 9.17) is 0 Å². The molecule has 0 aliphatic heterocycles. The van der Waals surface area contributed by atoms with Gasteiger partial charge < -0.3 is 9.47 Å². The lowest BCUT2D eigenvalue weighted by Crippen LogP contribution is -2.10. The van der Waals surface area contributed by atoms with Crippen molar-refractivity contribution < 1.29 is 0 Å². The highest BCUT2D eigenvalue weighted by Gasteiger charge is 2.16. The van der Waals surface area contributed by atoms with Crippen LogP contribution in [0, 0.1) is 0 Å². The second-order valence-electron chi connectivity index (χ2n) is 9.63. The van der Waals surface area contributed by atoms with Gasteiger partial charge in [-0.3, -0.25) is 0 Å². The number of aryl methyl sites for hydroxylation is 2. The molecule has 0 unspecified atom stereocenters. The predicted molar refractivity (Wildman–Crippen MR) is 159 cm³/mol. The van der Waals surface area contributed by atoms with Crippen LogP contribution in [0.25, 0.3) is 32.9 Å². The molecule has 0 bridgehead atoms. The van der Waals surface area contributed by atoms with E-state index in [-0.39, 0.29) is 0 Å². The molecule has 0 N–H and O–H groups in total. The van der Waals surface area contributed by atoms with Crippen molar-refractivity contribution in [1.82, 2.24) is 4.57 Å². The summed E-state index contributed by atoms with van der Waals surface area (Å²) in [6.07, 6.45) is 2.26. The molecule has 0 amide bonds. The van der Waals surface area contributed by atoms with Gasteiger partial charge in [0.2, 0.25) is 0 Å². The third-order valence-corrected chi connectivity index (χ3v) is 7.30. The molecule has 2 heteroatoms. The van der Waals surface area contributed by atoms with Crippen molar-refractivity contribution in [3.8, 4) is 11.1 Å². The minimum Gasteiger partial charge on any atom is -0.341 e. The Morgan fingerprint density at radius 3 is 1.84 bits per heavy atom. The number of hydrogen-bond donors (Lipinski definition) is 0. The topological polar surface area (TPSA) is 8.17 Å². The van der Waals surface area contributed by atoms with Crippen LogP contribution in [0.4, 0.5) is 17.1 Å². The molecule has 0 atom stereocenters. The Labute approximate surface area is 219 Å². The number of fused-ring (bicyclic) bond motifs is 3. The molecular formula is C35H32N2. The van der Waals surface area contributed by atoms with E-state index < -0.39 is 0 Å². The lowest BCUT2D eigenvalue weighted by molar-refractivity contribution is 0.827. The predicted octanol–water partition coefficient (Wildman–Crippen LogP) is 9.90. The first-order valence-corrected chi connectivity index (χ1v) is 13.3. The molecule has 2 nitrogen and oxygen atoms in total. The Balaban J connectivity index is 1.49. The van der Waals surface area contributed by atoms with Crippen molar-refractivity contribution in [1.29, 1.82) is 0 Å². The zero-order valence-electron chi connectivity index (χ0n) is 21.6. The van der Waals surface area contributed by atoms with Crippen molar-refractivity contribution >= 4 is 38.9 Å². The SMILES string of the molecule is CCCc1ccc(N(c2ccc(-c3ccccc3)cc2)c2ccc3c4ccccc4n(CC)c3c2)cc1. The minimum atomic E-state index is 0.935. The average molecular weight is 481 g/mol. The first kappa shape index (κ1) is 23.1. The number of rotatable bonds is 7. The third-order valence-electron chi connectivity index (χ3n) is 7.30. The molecule has 182 valence electrons. The summed E-state index contributed by atoms with van der Waals surface area (Å²) in [5.41, 5.74) is 9.90. The Bertz CT molecular complexity index is 1640. The van der Waals surface area contributed by atoms with Crippen LogP contribution in [0.5, 0.6) is 0 Å². The normalized spacial score (nSPS) is 11.3. The van der Waals surface area contributed by atoms with Gasteiger partial charge in [-0.2, -0.15) is 0 Å². The maximum Gasteiger partial charge on any atom is 0.0512 e. The van der Waals surface area contributed by atoms with Gasteiger partial charge in [-0.05, 0) is 72.5 Å². The summed E-state index contributed by atoms with van der Waals surface area (Å²) in [5, 5.41) is 2.62. The molecule has 0 fully saturated rings. The quantitative estimate of drug-likeness (QED) is 0.221. The zero-order valence-corrected chi connectivity index (χ0v) is 21.6. The highest BCUT2D eigenvalue weighted by atomic mass is 15.1. The first-order valence-electron chi connectivity index (χ1n) is 13.3. The fourth-order valence-electron chi connectivity index (χ4n) is 5.50. The minimum absolute atomic E-state index is 0.935. The monoisotopic (exact) mass is 480 g/mol. The molecule has 0 radical (unpaired) electrons. The van der Waals surface area contributed by atoms with Gasteiger partial charge in [0.15, 0.2) is 0 Å². The Morgan fingerprint density at radius 2 is 1.14 bits per heavy atom. The maximum atomic E-state index is 2.43. The zero-order chi connectivity index (χ0) is 25.2. The third kappa shape index (κ3) is 4.29. The molecule has 0 saturated heterocycles. The van der Waals surface area contributed by atoms with E-state index >= 15 is 0 Å². The number of hydrogen-bond acceptors (Lipinski definition) is 1. The molecule has 6 rings (SSSR count). The van der Waals surface area contributed by atoms with Gasteiger partial charge in [0.1, 0.15) is 0 Å². The van der Waals surface area contributed by atoms with Crippen molar-refractivity contribution in [3.05, 3.63) is 127 Å². The summed E-state index contributed by atoms with van der Waals surface area (Å²) >= 11 is 0. The number of nitrogens with zero attached hydrogens (tertiary/aromatic N) is 2. The smallest absolute Gasteiger partial charge is 0.0512 e. The van der Waals surface area contributed by atoms with Gasteiger partial charge in [-0.25, -0.2) is 0 Å². The summed E-state index contributed by atoms with van der Waals surface area (Å²) < 4.78 is 2.43. The van der Waals surface area contributed by atoms with Gasteiger partial charge in [-0.1, -0.05) is 92.2 Å². The van der Waals surface area contributed by atoms with E-state index in [0.717, 1.165) is 25.1 Å². The van der Waals surface area contributed by atoms with Crippen LogP contribution in [0.2, 0.25) is 0 Å². The maximum absolute atomic E-state index is 2.43. The van der Waals surface area contributed by atoms with Crippen molar-refractivity contribution in [2.75, 3.05) is 4.90 Å². The standard InChI is InChI=1S/C35H32N2/c1-3-10-26-15-19-29(20-16-26)37(30-21-17-28(18-22-30)27-11-6-5-7-12-27)31-23-24-33-32-13-8-9-14-34(32)36(4-2)35(33)25-31/h5-9,11-25H,3-4,10H2,1-2H3. The van der Waals surface area contributed by atoms with Crippen molar-refractivity contribution in [2.24, 2.45) is 0 Å². The van der Waals surface area contributed by atoms with Gasteiger partial charge in [-0.15, -0.1) is 0 Å². The highest BCUT2D eigenvalue weighted by molar-refractivity contribution is 6.09. The fourth-order valence-corrected chi connectivity index (χ4v) is 5.50. The van der Waals surface area contributed by atoms with E-state index in [1.165, 1.54) is 49.9 Å². The van der Waals surface area contributed by atoms with E-state index in [1.54, 1.807) is 0 Å². The lowest BCUT2D eigenvalue weighted by atomic mass is 10.0. The van der Waals surface area contributed by atoms with E-state index in [1.807, 2.05) is 0 Å². The van der Waals surface area contributed by atoms with Crippen LogP contribution < -0.4 is 4.90 Å². The molecule has 0 aliphatic rings. The summed E-state index contributed by atoms with van der Waals surface area (Å²) in [6.45, 7) is 5.40.